The minimum absolute atomic E-state index is 0.00537. The first-order valence-corrected chi connectivity index (χ1v) is 12.2. The van der Waals surface area contributed by atoms with Crippen molar-refractivity contribution in [1.82, 2.24) is 4.31 Å². The number of nitrogens with zero attached hydrogens (tertiary/aromatic N) is 1. The maximum atomic E-state index is 13.5. The van der Waals surface area contributed by atoms with E-state index in [4.69, 9.17) is 0 Å². The molecule has 7 nitrogen and oxygen atoms in total. The highest BCUT2D eigenvalue weighted by Crippen LogP contribution is 2.57. The van der Waals surface area contributed by atoms with Crippen LogP contribution in [0.3, 0.4) is 0 Å². The predicted molar refractivity (Wildman–Crippen MR) is 120 cm³/mol. The zero-order valence-corrected chi connectivity index (χ0v) is 18.8. The van der Waals surface area contributed by atoms with Crippen LogP contribution < -0.4 is 0 Å². The van der Waals surface area contributed by atoms with E-state index in [2.05, 4.69) is 0 Å². The first-order valence-electron chi connectivity index (χ1n) is 9.85. The third-order valence-electron chi connectivity index (χ3n) is 5.69. The number of rotatable bonds is 8. The van der Waals surface area contributed by atoms with E-state index in [1.54, 1.807) is 42.5 Å². The lowest BCUT2D eigenvalue weighted by Gasteiger charge is -2.28. The maximum absolute atomic E-state index is 13.5. The topological polar surface area (TPSA) is 112 Å². The molecule has 1 aromatic heterocycles. The molecule has 0 spiro atoms. The van der Waals surface area contributed by atoms with E-state index in [0.29, 0.717) is 9.87 Å². The summed E-state index contributed by atoms with van der Waals surface area (Å²) in [4.78, 5) is 24.7. The molecule has 1 fully saturated rings. The van der Waals surface area contributed by atoms with E-state index in [9.17, 15) is 28.2 Å². The Hall–Kier alpha value is -3.01. The van der Waals surface area contributed by atoms with Gasteiger partial charge in [0.2, 0.25) is 10.0 Å². The van der Waals surface area contributed by atoms with E-state index in [0.717, 1.165) is 16.0 Å². The molecule has 166 valence electrons. The van der Waals surface area contributed by atoms with Crippen molar-refractivity contribution in [2.75, 3.05) is 6.54 Å². The van der Waals surface area contributed by atoms with Crippen LogP contribution in [0.25, 0.3) is 10.4 Å². The summed E-state index contributed by atoms with van der Waals surface area (Å²) >= 11 is 1.53. The Morgan fingerprint density at radius 1 is 1.09 bits per heavy atom. The van der Waals surface area contributed by atoms with Gasteiger partial charge in [-0.1, -0.05) is 42.5 Å². The first kappa shape index (κ1) is 22.2. The predicted octanol–water partition coefficient (Wildman–Crippen LogP) is 3.81. The Labute approximate surface area is 189 Å². The number of thiophene rings is 1. The molecule has 0 bridgehead atoms. The van der Waals surface area contributed by atoms with Gasteiger partial charge in [-0.25, -0.2) is 8.42 Å². The molecule has 1 saturated carbocycles. The van der Waals surface area contributed by atoms with Gasteiger partial charge < -0.3 is 10.2 Å². The van der Waals surface area contributed by atoms with Gasteiger partial charge in [0.05, 0.1) is 4.90 Å². The highest BCUT2D eigenvalue weighted by atomic mass is 32.2. The molecular formula is C23H21NO6S2. The zero-order chi connectivity index (χ0) is 23.1. The molecule has 4 rings (SSSR count). The molecule has 1 aliphatic rings. The van der Waals surface area contributed by atoms with Crippen molar-refractivity contribution in [3.8, 4) is 10.4 Å². The minimum atomic E-state index is -4.40. The van der Waals surface area contributed by atoms with E-state index < -0.39 is 40.0 Å². The van der Waals surface area contributed by atoms with Gasteiger partial charge in [-0.15, -0.1) is 11.3 Å². The second-order valence-corrected chi connectivity index (χ2v) is 10.6. The number of aliphatic carboxylic acids is 2. The summed E-state index contributed by atoms with van der Waals surface area (Å²) < 4.78 is 27.6. The molecule has 0 unspecified atom stereocenters. The number of sulfonamides is 1. The molecule has 2 N–H and O–H groups in total. The molecule has 0 radical (unpaired) electrons. The van der Waals surface area contributed by atoms with Crippen molar-refractivity contribution >= 4 is 33.3 Å². The average molecular weight is 472 g/mol. The average Bonchev–Trinajstić information content (AvgIpc) is 3.38. The first-order chi connectivity index (χ1) is 15.2. The van der Waals surface area contributed by atoms with Crippen molar-refractivity contribution in [3.05, 3.63) is 77.2 Å². The summed E-state index contributed by atoms with van der Waals surface area (Å²) in [5, 5.41) is 21.4. The summed E-state index contributed by atoms with van der Waals surface area (Å²) in [7, 11) is -4.40. The van der Waals surface area contributed by atoms with Crippen LogP contribution in [0.5, 0.6) is 0 Å². The molecule has 2 atom stereocenters. The minimum Gasteiger partial charge on any atom is -0.480 e. The van der Waals surface area contributed by atoms with Crippen LogP contribution in [0, 0.1) is 6.92 Å². The summed E-state index contributed by atoms with van der Waals surface area (Å²) in [6, 6.07) is 16.8. The van der Waals surface area contributed by atoms with Gasteiger partial charge in [0.15, 0.2) is 0 Å². The van der Waals surface area contributed by atoms with Crippen LogP contribution in [-0.2, 0) is 19.6 Å². The molecule has 0 aliphatic heterocycles. The molecule has 3 aromatic rings. The van der Waals surface area contributed by atoms with Crippen LogP contribution in [0.15, 0.2) is 70.9 Å². The van der Waals surface area contributed by atoms with Gasteiger partial charge >= 0.3 is 11.9 Å². The Morgan fingerprint density at radius 3 is 2.28 bits per heavy atom. The van der Waals surface area contributed by atoms with E-state index in [1.807, 2.05) is 18.4 Å². The SMILES string of the molecule is Cc1csc(-c2ccc(S(=O)(=O)N(CC(=O)O)[C@]3(C(=O)O)C[C@H]3c3ccccc3)cc2)c1. The van der Waals surface area contributed by atoms with Gasteiger partial charge in [-0.3, -0.25) is 9.59 Å². The van der Waals surface area contributed by atoms with Gasteiger partial charge in [-0.05, 0) is 53.6 Å². The smallest absolute Gasteiger partial charge is 0.325 e. The van der Waals surface area contributed by atoms with Crippen molar-refractivity contribution < 1.29 is 28.2 Å². The van der Waals surface area contributed by atoms with Gasteiger partial charge in [0.25, 0.3) is 0 Å². The van der Waals surface area contributed by atoms with E-state index >= 15 is 0 Å². The third-order valence-corrected chi connectivity index (χ3v) is 8.69. The summed E-state index contributed by atoms with van der Waals surface area (Å²) in [5.74, 6) is -3.41. The van der Waals surface area contributed by atoms with E-state index in [-0.39, 0.29) is 11.3 Å². The third kappa shape index (κ3) is 3.83. The Morgan fingerprint density at radius 2 is 1.75 bits per heavy atom. The molecule has 1 heterocycles. The lowest BCUT2D eigenvalue weighted by atomic mass is 10.1. The number of carboxylic acid groups (broad SMARTS) is 2. The van der Waals surface area contributed by atoms with Crippen LogP contribution >= 0.6 is 11.3 Å². The molecule has 0 saturated heterocycles. The largest absolute Gasteiger partial charge is 0.480 e. The molecule has 2 aromatic carbocycles. The van der Waals surface area contributed by atoms with Crippen molar-refractivity contribution in [2.24, 2.45) is 0 Å². The quantitative estimate of drug-likeness (QED) is 0.517. The van der Waals surface area contributed by atoms with Crippen LogP contribution in [-0.4, -0.2) is 47.0 Å². The Balaban J connectivity index is 1.74. The van der Waals surface area contributed by atoms with Crippen molar-refractivity contribution in [3.63, 3.8) is 0 Å². The van der Waals surface area contributed by atoms with Crippen LogP contribution in [0.2, 0.25) is 0 Å². The molecule has 32 heavy (non-hydrogen) atoms. The summed E-state index contributed by atoms with van der Waals surface area (Å²) in [5.41, 5.74) is 0.734. The van der Waals surface area contributed by atoms with Gasteiger partial charge in [0.1, 0.15) is 12.1 Å². The highest BCUT2D eigenvalue weighted by Gasteiger charge is 2.68. The van der Waals surface area contributed by atoms with Gasteiger partial charge in [0, 0.05) is 10.8 Å². The zero-order valence-electron chi connectivity index (χ0n) is 17.1. The number of aryl methyl sites for hydroxylation is 1. The number of hydrogen-bond donors (Lipinski definition) is 2. The fourth-order valence-corrected chi connectivity index (χ4v) is 6.64. The van der Waals surface area contributed by atoms with Crippen molar-refractivity contribution in [1.29, 1.82) is 0 Å². The standard InChI is InChI=1S/C23H21NO6S2/c1-15-11-20(31-14-15)17-7-9-18(10-8-17)32(29,30)24(13-21(25)26)23(22(27)28)12-19(23)16-5-3-2-4-6-16/h2-11,14,19H,12-13H2,1H3,(H,25,26)(H,27,28)/t19-,23+/m0/s1. The fourth-order valence-electron chi connectivity index (χ4n) is 4.01. The lowest BCUT2D eigenvalue weighted by molar-refractivity contribution is -0.145. The molecular weight excluding hydrogens is 450 g/mol. The highest BCUT2D eigenvalue weighted by molar-refractivity contribution is 7.89. The second kappa shape index (κ2) is 8.16. The van der Waals surface area contributed by atoms with Crippen molar-refractivity contribution in [2.45, 2.75) is 29.7 Å². The Bertz CT molecular complexity index is 1270. The molecule has 1 aliphatic carbocycles. The van der Waals surface area contributed by atoms with E-state index in [1.165, 1.54) is 23.5 Å². The summed E-state index contributed by atoms with van der Waals surface area (Å²) in [6.07, 6.45) is 0.00537. The lowest BCUT2D eigenvalue weighted by Crippen LogP contribution is -2.50. The molecule has 9 heteroatoms. The number of hydrogen-bond acceptors (Lipinski definition) is 5. The van der Waals surface area contributed by atoms with Gasteiger partial charge in [-0.2, -0.15) is 4.31 Å². The normalized spacial score (nSPS) is 20.2. The molecule has 0 amide bonds. The second-order valence-electron chi connectivity index (χ2n) is 7.81. The fraction of sp³-hybridized carbons (Fsp3) is 0.217. The summed E-state index contributed by atoms with van der Waals surface area (Å²) in [6.45, 7) is 1.02. The maximum Gasteiger partial charge on any atom is 0.325 e. The Kier molecular flexibility index (Phi) is 5.66. The monoisotopic (exact) mass is 471 g/mol. The number of carbonyl (C=O) groups is 2. The van der Waals surface area contributed by atoms with Crippen LogP contribution in [0.4, 0.5) is 0 Å². The number of benzene rings is 2. The number of carboxylic acids is 2. The van der Waals surface area contributed by atoms with Crippen LogP contribution in [0.1, 0.15) is 23.5 Å².